The van der Waals surface area contributed by atoms with Gasteiger partial charge in [0.1, 0.15) is 11.4 Å². The van der Waals surface area contributed by atoms with Crippen LogP contribution in [0.1, 0.15) is 26.3 Å². The van der Waals surface area contributed by atoms with Gasteiger partial charge in [-0.1, -0.05) is 66.7 Å². The third-order valence-corrected chi connectivity index (χ3v) is 4.46. The zero-order valence-electron chi connectivity index (χ0n) is 17.0. The molecule has 1 N–H and O–H groups in total. The van der Waals surface area contributed by atoms with Gasteiger partial charge in [0.25, 0.3) is 0 Å². The number of amides is 1. The lowest BCUT2D eigenvalue weighted by atomic mass is 9.95. The first-order chi connectivity index (χ1) is 13.8. The minimum atomic E-state index is -0.512. The first-order valence-electron chi connectivity index (χ1n) is 9.73. The first-order valence-corrected chi connectivity index (χ1v) is 9.73. The van der Waals surface area contributed by atoms with Crippen LogP contribution in [0.3, 0.4) is 0 Å². The van der Waals surface area contributed by atoms with E-state index in [1.807, 2.05) is 63.2 Å². The lowest BCUT2D eigenvalue weighted by Gasteiger charge is -2.19. The monoisotopic (exact) mass is 391 g/mol. The van der Waals surface area contributed by atoms with Gasteiger partial charge in [0.2, 0.25) is 0 Å². The molecule has 0 bridgehead atoms. The van der Waals surface area contributed by atoms with Crippen LogP contribution in [-0.2, 0) is 11.2 Å². The average molecular weight is 391 g/mol. The Bertz CT molecular complexity index is 975. The Morgan fingerprint density at radius 3 is 2.03 bits per heavy atom. The van der Waals surface area contributed by atoms with E-state index in [9.17, 15) is 9.18 Å². The molecule has 3 nitrogen and oxygen atoms in total. The molecule has 0 unspecified atom stereocenters. The largest absolute Gasteiger partial charge is 0.444 e. The van der Waals surface area contributed by atoms with Crippen molar-refractivity contribution in [2.24, 2.45) is 0 Å². The molecule has 3 rings (SSSR count). The predicted octanol–water partition coefficient (Wildman–Crippen LogP) is 6.23. The third kappa shape index (κ3) is 5.67. The van der Waals surface area contributed by atoms with Crippen LogP contribution in [0.5, 0.6) is 0 Å². The maximum absolute atomic E-state index is 14.0. The normalized spacial score (nSPS) is 11.2. The summed E-state index contributed by atoms with van der Waals surface area (Å²) in [7, 11) is 0. The Morgan fingerprint density at radius 1 is 0.862 bits per heavy atom. The SMILES string of the molecule is CC(C)(C)OC(=O)NCCc1ccccc1-c1ccc(-c2ccccc2F)cc1. The zero-order chi connectivity index (χ0) is 20.9. The van der Waals surface area contributed by atoms with Crippen molar-refractivity contribution in [1.29, 1.82) is 0 Å². The molecular formula is C25H26FNO2. The Labute approximate surface area is 171 Å². The number of rotatable bonds is 5. The molecule has 3 aromatic rings. The summed E-state index contributed by atoms with van der Waals surface area (Å²) in [6, 6.07) is 22.7. The summed E-state index contributed by atoms with van der Waals surface area (Å²) in [6.45, 7) is 6.01. The van der Waals surface area contributed by atoms with Gasteiger partial charge in [0.05, 0.1) is 0 Å². The lowest BCUT2D eigenvalue weighted by molar-refractivity contribution is 0.0528. The zero-order valence-corrected chi connectivity index (χ0v) is 17.0. The number of carbonyl (C=O) groups is 1. The molecule has 0 aliphatic heterocycles. The van der Waals surface area contributed by atoms with Crippen molar-refractivity contribution < 1.29 is 13.9 Å². The number of nitrogens with one attached hydrogen (secondary N) is 1. The minimum absolute atomic E-state index is 0.228. The van der Waals surface area contributed by atoms with Crippen LogP contribution in [-0.4, -0.2) is 18.2 Å². The van der Waals surface area contributed by atoms with Gasteiger partial charge < -0.3 is 10.1 Å². The van der Waals surface area contributed by atoms with Gasteiger partial charge in [-0.3, -0.25) is 0 Å². The van der Waals surface area contributed by atoms with E-state index in [2.05, 4.69) is 17.4 Å². The van der Waals surface area contributed by atoms with E-state index < -0.39 is 11.7 Å². The fraction of sp³-hybridized carbons (Fsp3) is 0.240. The molecule has 0 heterocycles. The number of benzene rings is 3. The second-order valence-corrected chi connectivity index (χ2v) is 7.89. The lowest BCUT2D eigenvalue weighted by Crippen LogP contribution is -2.33. The van der Waals surface area contributed by atoms with Crippen molar-refractivity contribution >= 4 is 6.09 Å². The number of carbonyl (C=O) groups excluding carboxylic acids is 1. The van der Waals surface area contributed by atoms with Gasteiger partial charge in [-0.2, -0.15) is 0 Å². The van der Waals surface area contributed by atoms with Crippen molar-refractivity contribution in [3.05, 3.63) is 84.2 Å². The Kier molecular flexibility index (Phi) is 6.32. The van der Waals surface area contributed by atoms with E-state index in [4.69, 9.17) is 4.74 Å². The van der Waals surface area contributed by atoms with E-state index in [-0.39, 0.29) is 5.82 Å². The Hall–Kier alpha value is -3.14. The van der Waals surface area contributed by atoms with Gasteiger partial charge >= 0.3 is 6.09 Å². The predicted molar refractivity (Wildman–Crippen MR) is 115 cm³/mol. The van der Waals surface area contributed by atoms with Crippen molar-refractivity contribution in [2.45, 2.75) is 32.8 Å². The second-order valence-electron chi connectivity index (χ2n) is 7.89. The summed E-state index contributed by atoms with van der Waals surface area (Å²) in [5, 5.41) is 2.80. The fourth-order valence-electron chi connectivity index (χ4n) is 3.16. The van der Waals surface area contributed by atoms with E-state index in [0.717, 1.165) is 22.3 Å². The minimum Gasteiger partial charge on any atom is -0.444 e. The summed E-state index contributed by atoms with van der Waals surface area (Å²) >= 11 is 0. The molecule has 0 radical (unpaired) electrons. The summed E-state index contributed by atoms with van der Waals surface area (Å²) in [5.41, 5.74) is 4.20. The van der Waals surface area contributed by atoms with Crippen LogP contribution in [0.2, 0.25) is 0 Å². The van der Waals surface area contributed by atoms with Gasteiger partial charge in [-0.05, 0) is 55.5 Å². The molecule has 0 spiro atoms. The van der Waals surface area contributed by atoms with Gasteiger partial charge in [0, 0.05) is 12.1 Å². The number of ether oxygens (including phenoxy) is 1. The van der Waals surface area contributed by atoms with Crippen molar-refractivity contribution in [2.75, 3.05) is 6.54 Å². The van der Waals surface area contributed by atoms with Crippen LogP contribution in [0.25, 0.3) is 22.3 Å². The van der Waals surface area contributed by atoms with Crippen LogP contribution in [0, 0.1) is 5.82 Å². The third-order valence-electron chi connectivity index (χ3n) is 4.46. The summed E-state index contributed by atoms with van der Waals surface area (Å²) in [6.07, 6.45) is 0.272. The van der Waals surface area contributed by atoms with E-state index >= 15 is 0 Å². The smallest absolute Gasteiger partial charge is 0.407 e. The van der Waals surface area contributed by atoms with E-state index in [1.54, 1.807) is 12.1 Å². The molecule has 0 saturated carbocycles. The number of hydrogen-bond acceptors (Lipinski definition) is 2. The molecule has 150 valence electrons. The van der Waals surface area contributed by atoms with Crippen molar-refractivity contribution in [3.8, 4) is 22.3 Å². The molecule has 0 atom stereocenters. The van der Waals surface area contributed by atoms with Gasteiger partial charge in [-0.15, -0.1) is 0 Å². The van der Waals surface area contributed by atoms with Crippen LogP contribution in [0.15, 0.2) is 72.8 Å². The maximum Gasteiger partial charge on any atom is 0.407 e. The highest BCUT2D eigenvalue weighted by atomic mass is 19.1. The van der Waals surface area contributed by atoms with E-state index in [0.29, 0.717) is 18.5 Å². The molecule has 1 amide bonds. The fourth-order valence-corrected chi connectivity index (χ4v) is 3.16. The molecule has 29 heavy (non-hydrogen) atoms. The summed E-state index contributed by atoms with van der Waals surface area (Å²) in [5.74, 6) is -0.228. The highest BCUT2D eigenvalue weighted by molar-refractivity contribution is 5.73. The molecular weight excluding hydrogens is 365 g/mol. The van der Waals surface area contributed by atoms with Crippen LogP contribution < -0.4 is 5.32 Å². The highest BCUT2D eigenvalue weighted by Gasteiger charge is 2.15. The molecule has 4 heteroatoms. The molecule has 0 aliphatic carbocycles. The number of alkyl carbamates (subject to hydrolysis) is 1. The van der Waals surface area contributed by atoms with Crippen molar-refractivity contribution in [3.63, 3.8) is 0 Å². The maximum atomic E-state index is 14.0. The first kappa shape index (κ1) is 20.6. The summed E-state index contributed by atoms with van der Waals surface area (Å²) < 4.78 is 19.3. The molecule has 3 aromatic carbocycles. The quantitative estimate of drug-likeness (QED) is 0.560. The topological polar surface area (TPSA) is 38.3 Å². The Balaban J connectivity index is 1.72. The van der Waals surface area contributed by atoms with Crippen LogP contribution >= 0.6 is 0 Å². The molecule has 0 fully saturated rings. The Morgan fingerprint density at radius 2 is 1.41 bits per heavy atom. The van der Waals surface area contributed by atoms with E-state index in [1.165, 1.54) is 6.07 Å². The standard InChI is InChI=1S/C25H26FNO2/c1-25(2,3)29-24(28)27-17-16-18-8-4-5-9-21(18)19-12-14-20(15-13-19)22-10-6-7-11-23(22)26/h4-15H,16-17H2,1-3H3,(H,27,28). The second kappa shape index (κ2) is 8.91. The van der Waals surface area contributed by atoms with Crippen molar-refractivity contribution in [1.82, 2.24) is 5.32 Å². The molecule has 0 aliphatic rings. The molecule has 0 aromatic heterocycles. The van der Waals surface area contributed by atoms with Crippen LogP contribution in [0.4, 0.5) is 9.18 Å². The molecule has 0 saturated heterocycles. The number of halogens is 1. The van der Waals surface area contributed by atoms with Gasteiger partial charge in [-0.25, -0.2) is 9.18 Å². The van der Waals surface area contributed by atoms with Gasteiger partial charge in [0.15, 0.2) is 0 Å². The summed E-state index contributed by atoms with van der Waals surface area (Å²) in [4.78, 5) is 11.8. The highest BCUT2D eigenvalue weighted by Crippen LogP contribution is 2.28. The average Bonchev–Trinajstić information content (AvgIpc) is 2.68. The number of hydrogen-bond donors (Lipinski definition) is 1.